The second kappa shape index (κ2) is 3.05. The van der Waals surface area contributed by atoms with E-state index >= 15 is 0 Å². The van der Waals surface area contributed by atoms with Gasteiger partial charge in [-0.15, -0.1) is 0 Å². The van der Waals surface area contributed by atoms with E-state index < -0.39 is 0 Å². The van der Waals surface area contributed by atoms with Gasteiger partial charge in [-0.05, 0) is 20.3 Å². The molecular formula is C9H18N2O. The molecule has 1 atom stereocenters. The Morgan fingerprint density at radius 1 is 1.67 bits per heavy atom. The third-order valence-electron chi connectivity index (χ3n) is 2.51. The molecule has 3 heteroatoms. The number of carbonyl (C=O) groups is 1. The molecule has 0 aliphatic carbocycles. The molecule has 1 saturated heterocycles. The SMILES string of the molecule is CCC(=O)N1CC(N)CC1(C)C. The Morgan fingerprint density at radius 3 is 2.58 bits per heavy atom. The van der Waals surface area contributed by atoms with Gasteiger partial charge < -0.3 is 10.6 Å². The van der Waals surface area contributed by atoms with Crippen molar-refractivity contribution in [1.82, 2.24) is 4.90 Å². The van der Waals surface area contributed by atoms with E-state index in [2.05, 4.69) is 13.8 Å². The maximum absolute atomic E-state index is 11.4. The highest BCUT2D eigenvalue weighted by Crippen LogP contribution is 2.27. The Labute approximate surface area is 73.9 Å². The maximum Gasteiger partial charge on any atom is 0.222 e. The molecule has 0 bridgehead atoms. The molecule has 3 nitrogen and oxygen atoms in total. The van der Waals surface area contributed by atoms with Crippen molar-refractivity contribution < 1.29 is 4.79 Å². The van der Waals surface area contributed by atoms with Crippen LogP contribution in [0.25, 0.3) is 0 Å². The first-order chi connectivity index (χ1) is 5.47. The Balaban J connectivity index is 2.71. The summed E-state index contributed by atoms with van der Waals surface area (Å²) in [6.45, 7) is 6.77. The van der Waals surface area contributed by atoms with E-state index in [-0.39, 0.29) is 17.5 Å². The Hall–Kier alpha value is -0.570. The lowest BCUT2D eigenvalue weighted by molar-refractivity contribution is -0.133. The van der Waals surface area contributed by atoms with Gasteiger partial charge in [-0.3, -0.25) is 4.79 Å². The first-order valence-corrected chi connectivity index (χ1v) is 4.53. The normalized spacial score (nSPS) is 27.7. The van der Waals surface area contributed by atoms with E-state index in [1.54, 1.807) is 0 Å². The number of nitrogens with zero attached hydrogens (tertiary/aromatic N) is 1. The van der Waals surface area contributed by atoms with Gasteiger partial charge in [0, 0.05) is 24.5 Å². The molecular weight excluding hydrogens is 152 g/mol. The van der Waals surface area contributed by atoms with Crippen molar-refractivity contribution in [2.45, 2.75) is 45.2 Å². The molecule has 0 radical (unpaired) electrons. The lowest BCUT2D eigenvalue weighted by atomic mass is 10.0. The molecule has 0 saturated carbocycles. The van der Waals surface area contributed by atoms with Gasteiger partial charge in [-0.1, -0.05) is 6.92 Å². The molecule has 1 aliphatic heterocycles. The zero-order valence-electron chi connectivity index (χ0n) is 8.13. The van der Waals surface area contributed by atoms with Gasteiger partial charge in [-0.2, -0.15) is 0 Å². The summed E-state index contributed by atoms with van der Waals surface area (Å²) in [4.78, 5) is 13.3. The second-order valence-corrected chi connectivity index (χ2v) is 4.13. The minimum absolute atomic E-state index is 0.0352. The Bertz CT molecular complexity index is 189. The zero-order chi connectivity index (χ0) is 9.35. The molecule has 0 aromatic carbocycles. The molecule has 1 rings (SSSR count). The number of likely N-dealkylation sites (tertiary alicyclic amines) is 1. The summed E-state index contributed by atoms with van der Waals surface area (Å²) in [5, 5.41) is 0. The van der Waals surface area contributed by atoms with Gasteiger partial charge in [0.1, 0.15) is 0 Å². The summed E-state index contributed by atoms with van der Waals surface area (Å²) in [5.41, 5.74) is 5.76. The molecule has 0 spiro atoms. The Morgan fingerprint density at radius 2 is 2.25 bits per heavy atom. The first kappa shape index (κ1) is 9.52. The molecule has 70 valence electrons. The lowest BCUT2D eigenvalue weighted by Gasteiger charge is -2.31. The fourth-order valence-electron chi connectivity index (χ4n) is 1.93. The predicted molar refractivity (Wildman–Crippen MR) is 48.7 cm³/mol. The largest absolute Gasteiger partial charge is 0.336 e. The number of carbonyl (C=O) groups excluding carboxylic acids is 1. The van der Waals surface area contributed by atoms with Gasteiger partial charge in [-0.25, -0.2) is 0 Å². The van der Waals surface area contributed by atoms with Crippen LogP contribution in [0.5, 0.6) is 0 Å². The molecule has 0 aromatic rings. The summed E-state index contributed by atoms with van der Waals surface area (Å²) in [6.07, 6.45) is 1.49. The summed E-state index contributed by atoms with van der Waals surface area (Å²) in [6, 6.07) is 0.162. The van der Waals surface area contributed by atoms with Crippen LogP contribution in [0.1, 0.15) is 33.6 Å². The number of hydrogen-bond acceptors (Lipinski definition) is 2. The maximum atomic E-state index is 11.4. The number of nitrogens with two attached hydrogens (primary N) is 1. The molecule has 1 aliphatic rings. The molecule has 1 amide bonds. The van der Waals surface area contributed by atoms with Crippen LogP contribution in [0.2, 0.25) is 0 Å². The second-order valence-electron chi connectivity index (χ2n) is 4.13. The van der Waals surface area contributed by atoms with Gasteiger partial charge in [0.05, 0.1) is 0 Å². The fraction of sp³-hybridized carbons (Fsp3) is 0.889. The van der Waals surface area contributed by atoms with E-state index in [9.17, 15) is 4.79 Å². The Kier molecular flexibility index (Phi) is 2.42. The first-order valence-electron chi connectivity index (χ1n) is 4.53. The van der Waals surface area contributed by atoms with Crippen molar-refractivity contribution >= 4 is 5.91 Å². The minimum atomic E-state index is -0.0352. The summed E-state index contributed by atoms with van der Waals surface area (Å²) >= 11 is 0. The summed E-state index contributed by atoms with van der Waals surface area (Å²) < 4.78 is 0. The van der Waals surface area contributed by atoms with Gasteiger partial charge in [0.2, 0.25) is 5.91 Å². The highest BCUT2D eigenvalue weighted by molar-refractivity contribution is 5.77. The van der Waals surface area contributed by atoms with E-state index in [4.69, 9.17) is 5.73 Å². The van der Waals surface area contributed by atoms with E-state index in [0.717, 1.165) is 13.0 Å². The van der Waals surface area contributed by atoms with Crippen molar-refractivity contribution in [3.63, 3.8) is 0 Å². The smallest absolute Gasteiger partial charge is 0.222 e. The van der Waals surface area contributed by atoms with Crippen molar-refractivity contribution in [2.24, 2.45) is 5.73 Å². The van der Waals surface area contributed by atoms with Gasteiger partial charge in [0.25, 0.3) is 0 Å². The zero-order valence-corrected chi connectivity index (χ0v) is 8.13. The molecule has 1 fully saturated rings. The van der Waals surface area contributed by atoms with Gasteiger partial charge >= 0.3 is 0 Å². The summed E-state index contributed by atoms with van der Waals surface area (Å²) in [7, 11) is 0. The average Bonchev–Trinajstić information content (AvgIpc) is 2.23. The van der Waals surface area contributed by atoms with Crippen LogP contribution in [0, 0.1) is 0 Å². The highest BCUT2D eigenvalue weighted by atomic mass is 16.2. The monoisotopic (exact) mass is 170 g/mol. The highest BCUT2D eigenvalue weighted by Gasteiger charge is 2.38. The van der Waals surface area contributed by atoms with Crippen molar-refractivity contribution in [1.29, 1.82) is 0 Å². The molecule has 1 heterocycles. The van der Waals surface area contributed by atoms with E-state index in [1.807, 2.05) is 11.8 Å². The molecule has 1 unspecified atom stereocenters. The molecule has 12 heavy (non-hydrogen) atoms. The van der Waals surface area contributed by atoms with E-state index in [0.29, 0.717) is 6.42 Å². The number of amides is 1. The number of hydrogen-bond donors (Lipinski definition) is 1. The molecule has 0 aromatic heterocycles. The van der Waals surface area contributed by atoms with Crippen LogP contribution >= 0.6 is 0 Å². The summed E-state index contributed by atoms with van der Waals surface area (Å²) in [5.74, 6) is 0.216. The van der Waals surface area contributed by atoms with E-state index in [1.165, 1.54) is 0 Å². The fourth-order valence-corrected chi connectivity index (χ4v) is 1.93. The van der Waals surface area contributed by atoms with Crippen LogP contribution in [0.3, 0.4) is 0 Å². The topological polar surface area (TPSA) is 46.3 Å². The van der Waals surface area contributed by atoms with Crippen molar-refractivity contribution in [3.8, 4) is 0 Å². The predicted octanol–water partition coefficient (Wildman–Crippen LogP) is 0.735. The van der Waals surface area contributed by atoms with Gasteiger partial charge in [0.15, 0.2) is 0 Å². The quantitative estimate of drug-likeness (QED) is 0.630. The molecule has 2 N–H and O–H groups in total. The van der Waals surface area contributed by atoms with Crippen LogP contribution < -0.4 is 5.73 Å². The minimum Gasteiger partial charge on any atom is -0.336 e. The third-order valence-corrected chi connectivity index (χ3v) is 2.51. The van der Waals surface area contributed by atoms with Crippen LogP contribution in [-0.2, 0) is 4.79 Å². The third kappa shape index (κ3) is 1.61. The van der Waals surface area contributed by atoms with Crippen LogP contribution in [0.15, 0.2) is 0 Å². The van der Waals surface area contributed by atoms with Crippen molar-refractivity contribution in [2.75, 3.05) is 6.54 Å². The average molecular weight is 170 g/mol. The van der Waals surface area contributed by atoms with Crippen molar-refractivity contribution in [3.05, 3.63) is 0 Å². The van der Waals surface area contributed by atoms with Crippen LogP contribution in [-0.4, -0.2) is 28.9 Å². The lowest BCUT2D eigenvalue weighted by Crippen LogP contribution is -2.42. The van der Waals surface area contributed by atoms with Crippen LogP contribution in [0.4, 0.5) is 0 Å². The standard InChI is InChI=1S/C9H18N2O/c1-4-8(12)11-6-7(10)5-9(11,2)3/h7H,4-6,10H2,1-3H3. The number of rotatable bonds is 1.